The third-order valence-corrected chi connectivity index (χ3v) is 4.34. The summed E-state index contributed by atoms with van der Waals surface area (Å²) in [6.07, 6.45) is 0.831. The first-order chi connectivity index (χ1) is 9.11. The van der Waals surface area contributed by atoms with E-state index in [1.165, 1.54) is 11.3 Å². The number of ether oxygens (including phenoxy) is 1. The van der Waals surface area contributed by atoms with Crippen LogP contribution in [0.25, 0.3) is 0 Å². The third kappa shape index (κ3) is 3.33. The molecule has 2 heterocycles. The molecule has 1 N–H and O–H groups in total. The number of aryl methyl sites for hydroxylation is 1. The molecule has 2 rings (SSSR count). The number of amides is 1. The first kappa shape index (κ1) is 14.0. The molecule has 1 fully saturated rings. The molecule has 1 aliphatic heterocycles. The summed E-state index contributed by atoms with van der Waals surface area (Å²) in [5, 5.41) is 8.89. The number of carbonyl (C=O) groups excluding carboxylic acids is 1. The smallest absolute Gasteiger partial charge is 0.305 e. The van der Waals surface area contributed by atoms with Gasteiger partial charge in [0.25, 0.3) is 5.91 Å². The van der Waals surface area contributed by atoms with Crippen molar-refractivity contribution < 1.29 is 19.4 Å². The SMILES string of the molecule is CCc1ccc(C(=O)N2CCOCC2CC(=O)O)s1. The molecule has 1 unspecified atom stereocenters. The van der Waals surface area contributed by atoms with Crippen molar-refractivity contribution >= 4 is 23.2 Å². The fourth-order valence-corrected chi connectivity index (χ4v) is 3.02. The highest BCUT2D eigenvalue weighted by atomic mass is 32.1. The third-order valence-electron chi connectivity index (χ3n) is 3.12. The Morgan fingerprint density at radius 1 is 1.53 bits per heavy atom. The van der Waals surface area contributed by atoms with Gasteiger partial charge in [0.05, 0.1) is 30.6 Å². The minimum Gasteiger partial charge on any atom is -0.481 e. The molecule has 1 amide bonds. The van der Waals surface area contributed by atoms with Crippen LogP contribution in [0.15, 0.2) is 12.1 Å². The number of aliphatic carboxylic acids is 1. The molecule has 0 bridgehead atoms. The van der Waals surface area contributed by atoms with Crippen LogP contribution in [0.2, 0.25) is 0 Å². The van der Waals surface area contributed by atoms with Gasteiger partial charge < -0.3 is 14.7 Å². The summed E-state index contributed by atoms with van der Waals surface area (Å²) >= 11 is 1.48. The number of carboxylic acid groups (broad SMARTS) is 1. The molecule has 1 atom stereocenters. The zero-order valence-electron chi connectivity index (χ0n) is 10.8. The highest BCUT2D eigenvalue weighted by Crippen LogP contribution is 2.21. The van der Waals surface area contributed by atoms with Crippen LogP contribution in [-0.2, 0) is 16.0 Å². The van der Waals surface area contributed by atoms with Gasteiger partial charge in [-0.05, 0) is 18.6 Å². The molecule has 104 valence electrons. The number of rotatable bonds is 4. The monoisotopic (exact) mass is 283 g/mol. The van der Waals surface area contributed by atoms with Crippen molar-refractivity contribution in [2.45, 2.75) is 25.8 Å². The van der Waals surface area contributed by atoms with Gasteiger partial charge in [0.2, 0.25) is 0 Å². The molecule has 1 aliphatic rings. The molecule has 5 nitrogen and oxygen atoms in total. The summed E-state index contributed by atoms with van der Waals surface area (Å²) in [7, 11) is 0. The van der Waals surface area contributed by atoms with Gasteiger partial charge in [-0.25, -0.2) is 0 Å². The number of morpholine rings is 1. The molecule has 19 heavy (non-hydrogen) atoms. The van der Waals surface area contributed by atoms with E-state index in [1.807, 2.05) is 19.1 Å². The molecular formula is C13H17NO4S. The summed E-state index contributed by atoms with van der Waals surface area (Å²) in [5.41, 5.74) is 0. The zero-order valence-corrected chi connectivity index (χ0v) is 11.6. The molecule has 0 saturated carbocycles. The van der Waals surface area contributed by atoms with Crippen LogP contribution in [0, 0.1) is 0 Å². The quantitative estimate of drug-likeness (QED) is 0.912. The Kier molecular flexibility index (Phi) is 4.55. The van der Waals surface area contributed by atoms with E-state index in [4.69, 9.17) is 9.84 Å². The van der Waals surface area contributed by atoms with Crippen molar-refractivity contribution in [3.05, 3.63) is 21.9 Å². The highest BCUT2D eigenvalue weighted by molar-refractivity contribution is 7.14. The lowest BCUT2D eigenvalue weighted by molar-refractivity contribution is -0.139. The minimum absolute atomic E-state index is 0.0717. The van der Waals surface area contributed by atoms with Gasteiger partial charge >= 0.3 is 5.97 Å². The predicted octanol–water partition coefficient (Wildman–Crippen LogP) is 1.63. The van der Waals surface area contributed by atoms with Crippen molar-refractivity contribution in [2.75, 3.05) is 19.8 Å². The van der Waals surface area contributed by atoms with E-state index in [-0.39, 0.29) is 18.4 Å². The van der Waals surface area contributed by atoms with E-state index in [1.54, 1.807) is 4.90 Å². The van der Waals surface area contributed by atoms with E-state index < -0.39 is 5.97 Å². The lowest BCUT2D eigenvalue weighted by atomic mass is 10.1. The average molecular weight is 283 g/mol. The maximum Gasteiger partial charge on any atom is 0.305 e. The molecule has 1 saturated heterocycles. The van der Waals surface area contributed by atoms with Crippen molar-refractivity contribution in [1.82, 2.24) is 4.90 Å². The van der Waals surface area contributed by atoms with Crippen LogP contribution in [0.1, 0.15) is 27.9 Å². The molecule has 0 radical (unpaired) electrons. The number of thiophene rings is 1. The van der Waals surface area contributed by atoms with Gasteiger partial charge in [-0.15, -0.1) is 11.3 Å². The fraction of sp³-hybridized carbons (Fsp3) is 0.538. The van der Waals surface area contributed by atoms with Crippen molar-refractivity contribution in [2.24, 2.45) is 0 Å². The van der Waals surface area contributed by atoms with E-state index in [9.17, 15) is 9.59 Å². The van der Waals surface area contributed by atoms with Gasteiger partial charge in [0.1, 0.15) is 0 Å². The lowest BCUT2D eigenvalue weighted by Crippen LogP contribution is -2.49. The molecule has 0 aromatic carbocycles. The molecular weight excluding hydrogens is 266 g/mol. The van der Waals surface area contributed by atoms with E-state index >= 15 is 0 Å². The topological polar surface area (TPSA) is 66.8 Å². The van der Waals surface area contributed by atoms with Gasteiger partial charge in [0.15, 0.2) is 0 Å². The van der Waals surface area contributed by atoms with Gasteiger partial charge in [0, 0.05) is 11.4 Å². The highest BCUT2D eigenvalue weighted by Gasteiger charge is 2.30. The number of hydrogen-bond acceptors (Lipinski definition) is 4. The van der Waals surface area contributed by atoms with Gasteiger partial charge in [-0.1, -0.05) is 6.92 Å². The molecule has 1 aromatic heterocycles. The maximum atomic E-state index is 12.4. The Morgan fingerprint density at radius 2 is 2.32 bits per heavy atom. The molecule has 1 aromatic rings. The largest absolute Gasteiger partial charge is 0.481 e. The Morgan fingerprint density at radius 3 is 2.95 bits per heavy atom. The maximum absolute atomic E-state index is 12.4. The zero-order chi connectivity index (χ0) is 13.8. The van der Waals surface area contributed by atoms with Crippen molar-refractivity contribution in [3.8, 4) is 0 Å². The Bertz CT molecular complexity index is 471. The second-order valence-electron chi connectivity index (χ2n) is 4.44. The molecule has 0 aliphatic carbocycles. The summed E-state index contributed by atoms with van der Waals surface area (Å²) < 4.78 is 5.27. The van der Waals surface area contributed by atoms with Crippen molar-refractivity contribution in [3.63, 3.8) is 0 Å². The van der Waals surface area contributed by atoms with Crippen LogP contribution in [0.4, 0.5) is 0 Å². The standard InChI is InChI=1S/C13H17NO4S/c1-2-10-3-4-11(19-10)13(17)14-5-6-18-8-9(14)7-12(15)16/h3-4,9H,2,5-8H2,1H3,(H,15,16). The Balaban J connectivity index is 2.12. The van der Waals surface area contributed by atoms with Gasteiger partial charge in [-0.2, -0.15) is 0 Å². The normalized spacial score (nSPS) is 19.4. The fourth-order valence-electron chi connectivity index (χ4n) is 2.12. The second-order valence-corrected chi connectivity index (χ2v) is 5.61. The summed E-state index contributed by atoms with van der Waals surface area (Å²) in [4.78, 5) is 26.7. The molecule has 0 spiro atoms. The Hall–Kier alpha value is -1.40. The molecule has 6 heteroatoms. The average Bonchev–Trinajstić information content (AvgIpc) is 2.86. The van der Waals surface area contributed by atoms with Crippen LogP contribution in [0.5, 0.6) is 0 Å². The van der Waals surface area contributed by atoms with Crippen LogP contribution in [0.3, 0.4) is 0 Å². The predicted molar refractivity (Wildman–Crippen MR) is 71.6 cm³/mol. The van der Waals surface area contributed by atoms with Crippen LogP contribution >= 0.6 is 11.3 Å². The van der Waals surface area contributed by atoms with E-state index in [2.05, 4.69) is 0 Å². The Labute approximate surface area is 115 Å². The summed E-state index contributed by atoms with van der Waals surface area (Å²) in [6.45, 7) is 3.26. The number of carboxylic acids is 1. The summed E-state index contributed by atoms with van der Waals surface area (Å²) in [5.74, 6) is -0.993. The van der Waals surface area contributed by atoms with Crippen molar-refractivity contribution in [1.29, 1.82) is 0 Å². The number of hydrogen-bond donors (Lipinski definition) is 1. The number of carbonyl (C=O) groups is 2. The summed E-state index contributed by atoms with van der Waals surface area (Å²) in [6, 6.07) is 3.40. The van der Waals surface area contributed by atoms with E-state index in [0.717, 1.165) is 11.3 Å². The van der Waals surface area contributed by atoms with E-state index in [0.29, 0.717) is 24.6 Å². The van der Waals surface area contributed by atoms with Crippen LogP contribution < -0.4 is 0 Å². The second kappa shape index (κ2) is 6.16. The van der Waals surface area contributed by atoms with Crippen LogP contribution in [-0.4, -0.2) is 47.7 Å². The first-order valence-corrected chi connectivity index (χ1v) is 7.12. The minimum atomic E-state index is -0.909. The first-order valence-electron chi connectivity index (χ1n) is 6.31. The lowest BCUT2D eigenvalue weighted by Gasteiger charge is -2.34. The van der Waals surface area contributed by atoms with Gasteiger partial charge in [-0.3, -0.25) is 9.59 Å². The number of nitrogens with zero attached hydrogens (tertiary/aromatic N) is 1.